The first-order chi connectivity index (χ1) is 8.72. The number of aryl methyl sites for hydroxylation is 2. The van der Waals surface area contributed by atoms with Gasteiger partial charge in [-0.05, 0) is 49.9 Å². The second-order valence-corrected chi connectivity index (χ2v) is 4.79. The molecule has 18 heavy (non-hydrogen) atoms. The van der Waals surface area contributed by atoms with Gasteiger partial charge < -0.3 is 16.4 Å². The minimum Gasteiger partial charge on any atom is -0.386 e. The van der Waals surface area contributed by atoms with Gasteiger partial charge in [0, 0.05) is 14.1 Å². The van der Waals surface area contributed by atoms with Crippen molar-refractivity contribution in [2.45, 2.75) is 39.0 Å². The van der Waals surface area contributed by atoms with Crippen molar-refractivity contribution < 1.29 is 0 Å². The first-order valence-corrected chi connectivity index (χ1v) is 6.92. The number of hydrogen-bond acceptors (Lipinski definition) is 3. The first kappa shape index (κ1) is 14.8. The van der Waals surface area contributed by atoms with Crippen molar-refractivity contribution in [3.8, 4) is 0 Å². The third-order valence-electron chi connectivity index (χ3n) is 3.33. The number of nitrogens with one attached hydrogen (secondary N) is 2. The number of rotatable bonds is 8. The van der Waals surface area contributed by atoms with Crippen LogP contribution in [0.3, 0.4) is 0 Å². The van der Waals surface area contributed by atoms with Crippen LogP contribution < -0.4 is 16.4 Å². The van der Waals surface area contributed by atoms with Crippen LogP contribution in [0, 0.1) is 6.92 Å². The molecule has 1 aromatic rings. The molecule has 3 heteroatoms. The highest BCUT2D eigenvalue weighted by molar-refractivity contribution is 5.73. The maximum absolute atomic E-state index is 5.50. The van der Waals surface area contributed by atoms with E-state index in [1.165, 1.54) is 41.8 Å². The quantitative estimate of drug-likeness (QED) is 0.620. The van der Waals surface area contributed by atoms with Gasteiger partial charge in [0.05, 0.1) is 11.4 Å². The maximum atomic E-state index is 5.50. The SMILES string of the molecule is CNc1cc(CCCCCCN)cc(C)c1NC. The van der Waals surface area contributed by atoms with Gasteiger partial charge in [-0.25, -0.2) is 0 Å². The lowest BCUT2D eigenvalue weighted by Crippen LogP contribution is -2.01. The summed E-state index contributed by atoms with van der Waals surface area (Å²) in [4.78, 5) is 0. The highest BCUT2D eigenvalue weighted by atomic mass is 14.9. The van der Waals surface area contributed by atoms with Crippen molar-refractivity contribution in [3.05, 3.63) is 23.3 Å². The molecule has 1 rings (SSSR count). The van der Waals surface area contributed by atoms with E-state index in [1.807, 2.05) is 14.1 Å². The molecule has 0 aliphatic carbocycles. The third-order valence-corrected chi connectivity index (χ3v) is 3.33. The normalized spacial score (nSPS) is 10.4. The summed E-state index contributed by atoms with van der Waals surface area (Å²) >= 11 is 0. The topological polar surface area (TPSA) is 50.1 Å². The molecule has 4 N–H and O–H groups in total. The third kappa shape index (κ3) is 4.22. The first-order valence-electron chi connectivity index (χ1n) is 6.92. The molecule has 1 aromatic carbocycles. The van der Waals surface area contributed by atoms with Crippen LogP contribution in [-0.4, -0.2) is 20.6 Å². The van der Waals surface area contributed by atoms with Crippen LogP contribution in [0.4, 0.5) is 11.4 Å². The predicted molar refractivity (Wildman–Crippen MR) is 81.5 cm³/mol. The van der Waals surface area contributed by atoms with Gasteiger partial charge in [0.2, 0.25) is 0 Å². The molecule has 0 saturated heterocycles. The van der Waals surface area contributed by atoms with E-state index >= 15 is 0 Å². The second kappa shape index (κ2) is 7.98. The molecule has 0 heterocycles. The van der Waals surface area contributed by atoms with Crippen LogP contribution in [-0.2, 0) is 6.42 Å². The minimum absolute atomic E-state index is 0.819. The van der Waals surface area contributed by atoms with Gasteiger partial charge in [-0.2, -0.15) is 0 Å². The number of benzene rings is 1. The molecule has 0 aliphatic heterocycles. The van der Waals surface area contributed by atoms with Crippen molar-refractivity contribution in [1.82, 2.24) is 0 Å². The molecule has 0 saturated carbocycles. The average Bonchev–Trinajstić information content (AvgIpc) is 2.37. The van der Waals surface area contributed by atoms with Crippen molar-refractivity contribution in [3.63, 3.8) is 0 Å². The number of anilines is 2. The highest BCUT2D eigenvalue weighted by Gasteiger charge is 2.05. The Morgan fingerprint density at radius 3 is 2.33 bits per heavy atom. The molecular weight excluding hydrogens is 222 g/mol. The van der Waals surface area contributed by atoms with Gasteiger partial charge in [0.15, 0.2) is 0 Å². The smallest absolute Gasteiger partial charge is 0.0603 e. The Balaban J connectivity index is 2.58. The lowest BCUT2D eigenvalue weighted by molar-refractivity contribution is 0.646. The molecule has 0 unspecified atom stereocenters. The minimum atomic E-state index is 0.819. The van der Waals surface area contributed by atoms with Crippen molar-refractivity contribution >= 4 is 11.4 Å². The van der Waals surface area contributed by atoms with Gasteiger partial charge in [0.1, 0.15) is 0 Å². The van der Waals surface area contributed by atoms with Crippen LogP contribution in [0.15, 0.2) is 12.1 Å². The van der Waals surface area contributed by atoms with Crippen LogP contribution in [0.25, 0.3) is 0 Å². The lowest BCUT2D eigenvalue weighted by atomic mass is 10.0. The molecule has 102 valence electrons. The zero-order chi connectivity index (χ0) is 13.4. The van der Waals surface area contributed by atoms with E-state index < -0.39 is 0 Å². The summed E-state index contributed by atoms with van der Waals surface area (Å²) < 4.78 is 0. The molecule has 0 spiro atoms. The Hall–Kier alpha value is -1.22. The zero-order valence-electron chi connectivity index (χ0n) is 12.0. The molecule has 0 radical (unpaired) electrons. The fourth-order valence-electron chi connectivity index (χ4n) is 2.36. The standard InChI is InChI=1S/C15H27N3/c1-12-10-13(8-6-4-5-7-9-16)11-14(17-2)15(12)18-3/h10-11,17-18H,4-9,16H2,1-3H3. The maximum Gasteiger partial charge on any atom is 0.0603 e. The summed E-state index contributed by atoms with van der Waals surface area (Å²) in [6.07, 6.45) is 6.09. The Kier molecular flexibility index (Phi) is 6.58. The molecule has 0 bridgehead atoms. The summed E-state index contributed by atoms with van der Waals surface area (Å²) in [6.45, 7) is 2.98. The number of unbranched alkanes of at least 4 members (excludes halogenated alkanes) is 3. The summed E-state index contributed by atoms with van der Waals surface area (Å²) in [6, 6.07) is 4.54. The summed E-state index contributed by atoms with van der Waals surface area (Å²) in [5, 5.41) is 6.51. The van der Waals surface area contributed by atoms with E-state index in [0.29, 0.717) is 0 Å². The Bertz CT molecular complexity index is 361. The average molecular weight is 249 g/mol. The van der Waals surface area contributed by atoms with Gasteiger partial charge >= 0.3 is 0 Å². The molecule has 0 aromatic heterocycles. The predicted octanol–water partition coefficient (Wildman–Crippen LogP) is 3.14. The van der Waals surface area contributed by atoms with Crippen LogP contribution >= 0.6 is 0 Å². The van der Waals surface area contributed by atoms with Gasteiger partial charge in [-0.3, -0.25) is 0 Å². The van der Waals surface area contributed by atoms with Gasteiger partial charge in [-0.15, -0.1) is 0 Å². The summed E-state index contributed by atoms with van der Waals surface area (Å²) in [7, 11) is 3.94. The molecule has 0 atom stereocenters. The van der Waals surface area contributed by atoms with E-state index in [4.69, 9.17) is 5.73 Å². The summed E-state index contributed by atoms with van der Waals surface area (Å²) in [5.74, 6) is 0. The second-order valence-electron chi connectivity index (χ2n) is 4.79. The Morgan fingerprint density at radius 1 is 1.00 bits per heavy atom. The Labute approximate surface area is 111 Å². The molecule has 0 fully saturated rings. The van der Waals surface area contributed by atoms with Crippen LogP contribution in [0.1, 0.15) is 36.8 Å². The zero-order valence-corrected chi connectivity index (χ0v) is 12.0. The van der Waals surface area contributed by atoms with Gasteiger partial charge in [0.25, 0.3) is 0 Å². The van der Waals surface area contributed by atoms with Crippen LogP contribution in [0.5, 0.6) is 0 Å². The monoisotopic (exact) mass is 249 g/mol. The molecular formula is C15H27N3. The van der Waals surface area contributed by atoms with Crippen molar-refractivity contribution in [1.29, 1.82) is 0 Å². The highest BCUT2D eigenvalue weighted by Crippen LogP contribution is 2.27. The van der Waals surface area contributed by atoms with E-state index in [2.05, 4.69) is 29.7 Å². The van der Waals surface area contributed by atoms with E-state index in [0.717, 1.165) is 19.4 Å². The molecule has 3 nitrogen and oxygen atoms in total. The lowest BCUT2D eigenvalue weighted by Gasteiger charge is -2.14. The number of hydrogen-bond donors (Lipinski definition) is 3. The molecule has 0 aliphatic rings. The van der Waals surface area contributed by atoms with E-state index in [1.54, 1.807) is 0 Å². The van der Waals surface area contributed by atoms with Gasteiger partial charge in [-0.1, -0.05) is 18.9 Å². The van der Waals surface area contributed by atoms with Crippen molar-refractivity contribution in [2.24, 2.45) is 5.73 Å². The van der Waals surface area contributed by atoms with Crippen LogP contribution in [0.2, 0.25) is 0 Å². The van der Waals surface area contributed by atoms with E-state index in [9.17, 15) is 0 Å². The number of nitrogens with two attached hydrogens (primary N) is 1. The molecule has 0 amide bonds. The Morgan fingerprint density at radius 2 is 1.72 bits per heavy atom. The largest absolute Gasteiger partial charge is 0.386 e. The summed E-state index contributed by atoms with van der Waals surface area (Å²) in [5.41, 5.74) is 10.6. The van der Waals surface area contributed by atoms with Crippen molar-refractivity contribution in [2.75, 3.05) is 31.3 Å². The fourth-order valence-corrected chi connectivity index (χ4v) is 2.36. The fraction of sp³-hybridized carbons (Fsp3) is 0.600. The van der Waals surface area contributed by atoms with E-state index in [-0.39, 0.29) is 0 Å².